The average molecular weight is 245 g/mol. The van der Waals surface area contributed by atoms with Crippen molar-refractivity contribution < 1.29 is 0 Å². The third-order valence-electron chi connectivity index (χ3n) is 4.31. The molecule has 96 valence electrons. The smallest absolute Gasteiger partial charge is 0.0364 e. The quantitative estimate of drug-likeness (QED) is 0.375. The SMILES string of the molecule is CCCCCCCCCC1CCC(Cl)C1C. The molecule has 0 aromatic carbocycles. The molecule has 0 aromatic rings. The third kappa shape index (κ3) is 5.08. The lowest BCUT2D eigenvalue weighted by Crippen LogP contribution is -2.10. The molecule has 1 heteroatoms. The van der Waals surface area contributed by atoms with Gasteiger partial charge in [-0.15, -0.1) is 11.6 Å². The van der Waals surface area contributed by atoms with Crippen molar-refractivity contribution in [2.24, 2.45) is 11.8 Å². The minimum atomic E-state index is 0.467. The van der Waals surface area contributed by atoms with Crippen LogP contribution in [0.25, 0.3) is 0 Å². The van der Waals surface area contributed by atoms with E-state index in [1.807, 2.05) is 0 Å². The summed E-state index contributed by atoms with van der Waals surface area (Å²) in [5, 5.41) is 0.467. The van der Waals surface area contributed by atoms with Crippen LogP contribution in [-0.4, -0.2) is 5.38 Å². The first-order valence-electron chi connectivity index (χ1n) is 7.39. The summed E-state index contributed by atoms with van der Waals surface area (Å²) in [6, 6.07) is 0. The first kappa shape index (κ1) is 14.4. The predicted molar refractivity (Wildman–Crippen MR) is 74.1 cm³/mol. The van der Waals surface area contributed by atoms with E-state index in [1.165, 1.54) is 64.2 Å². The van der Waals surface area contributed by atoms with Gasteiger partial charge in [0, 0.05) is 5.38 Å². The molecular formula is C15H29Cl. The van der Waals surface area contributed by atoms with Gasteiger partial charge in [-0.1, -0.05) is 65.2 Å². The Kier molecular flexibility index (Phi) is 7.53. The normalized spacial score (nSPS) is 29.8. The fraction of sp³-hybridized carbons (Fsp3) is 1.00. The second-order valence-corrected chi connectivity index (χ2v) is 6.18. The lowest BCUT2D eigenvalue weighted by Gasteiger charge is -2.16. The van der Waals surface area contributed by atoms with Crippen LogP contribution < -0.4 is 0 Å². The van der Waals surface area contributed by atoms with Gasteiger partial charge < -0.3 is 0 Å². The van der Waals surface area contributed by atoms with E-state index in [0.29, 0.717) is 5.38 Å². The van der Waals surface area contributed by atoms with Crippen molar-refractivity contribution in [1.82, 2.24) is 0 Å². The van der Waals surface area contributed by atoms with Crippen molar-refractivity contribution in [2.75, 3.05) is 0 Å². The number of rotatable bonds is 8. The van der Waals surface area contributed by atoms with Crippen LogP contribution in [0.5, 0.6) is 0 Å². The lowest BCUT2D eigenvalue weighted by molar-refractivity contribution is 0.375. The highest BCUT2D eigenvalue weighted by atomic mass is 35.5. The highest BCUT2D eigenvalue weighted by Crippen LogP contribution is 2.38. The van der Waals surface area contributed by atoms with Crippen molar-refractivity contribution in [3.05, 3.63) is 0 Å². The summed E-state index contributed by atoms with van der Waals surface area (Å²) in [7, 11) is 0. The van der Waals surface area contributed by atoms with E-state index >= 15 is 0 Å². The van der Waals surface area contributed by atoms with Crippen LogP contribution in [0.3, 0.4) is 0 Å². The van der Waals surface area contributed by atoms with Crippen LogP contribution in [0.1, 0.15) is 78.1 Å². The van der Waals surface area contributed by atoms with Crippen LogP contribution in [0.2, 0.25) is 0 Å². The molecule has 0 nitrogen and oxygen atoms in total. The molecule has 1 rings (SSSR count). The molecule has 1 saturated carbocycles. The van der Waals surface area contributed by atoms with Gasteiger partial charge in [0.15, 0.2) is 0 Å². The Morgan fingerprint density at radius 2 is 1.56 bits per heavy atom. The van der Waals surface area contributed by atoms with Gasteiger partial charge in [-0.05, 0) is 24.7 Å². The number of hydrogen-bond donors (Lipinski definition) is 0. The zero-order valence-corrected chi connectivity index (χ0v) is 11.9. The monoisotopic (exact) mass is 244 g/mol. The summed E-state index contributed by atoms with van der Waals surface area (Å²) in [4.78, 5) is 0. The maximum absolute atomic E-state index is 6.25. The van der Waals surface area contributed by atoms with Gasteiger partial charge >= 0.3 is 0 Å². The molecule has 3 unspecified atom stereocenters. The maximum Gasteiger partial charge on any atom is 0.0364 e. The number of halogens is 1. The first-order valence-corrected chi connectivity index (χ1v) is 7.83. The van der Waals surface area contributed by atoms with Crippen LogP contribution in [0.15, 0.2) is 0 Å². The summed E-state index contributed by atoms with van der Waals surface area (Å²) >= 11 is 6.25. The molecule has 0 spiro atoms. The van der Waals surface area contributed by atoms with E-state index in [1.54, 1.807) is 0 Å². The Bertz CT molecular complexity index is 167. The van der Waals surface area contributed by atoms with Gasteiger partial charge in [-0.2, -0.15) is 0 Å². The molecule has 1 fully saturated rings. The molecule has 0 bridgehead atoms. The maximum atomic E-state index is 6.25. The highest BCUT2D eigenvalue weighted by Gasteiger charge is 2.30. The molecule has 0 radical (unpaired) electrons. The summed E-state index contributed by atoms with van der Waals surface area (Å²) in [5.41, 5.74) is 0. The first-order chi connectivity index (χ1) is 7.75. The van der Waals surface area contributed by atoms with Crippen molar-refractivity contribution >= 4 is 11.6 Å². The molecule has 1 aliphatic rings. The van der Waals surface area contributed by atoms with Crippen molar-refractivity contribution in [3.63, 3.8) is 0 Å². The van der Waals surface area contributed by atoms with Crippen LogP contribution in [0, 0.1) is 11.8 Å². The Hall–Kier alpha value is 0.290. The van der Waals surface area contributed by atoms with Crippen molar-refractivity contribution in [2.45, 2.75) is 83.4 Å². The van der Waals surface area contributed by atoms with Crippen LogP contribution in [-0.2, 0) is 0 Å². The standard InChI is InChI=1S/C15H29Cl/c1-3-4-5-6-7-8-9-10-14-11-12-15(16)13(14)2/h13-15H,3-12H2,1-2H3. The molecule has 0 heterocycles. The zero-order valence-electron chi connectivity index (χ0n) is 11.2. The second kappa shape index (κ2) is 8.39. The topological polar surface area (TPSA) is 0 Å². The Balaban J connectivity index is 1.91. The van der Waals surface area contributed by atoms with E-state index in [-0.39, 0.29) is 0 Å². The number of hydrogen-bond acceptors (Lipinski definition) is 0. The minimum Gasteiger partial charge on any atom is -0.123 e. The molecule has 1 aliphatic carbocycles. The molecule has 0 N–H and O–H groups in total. The molecule has 0 amide bonds. The van der Waals surface area contributed by atoms with Gasteiger partial charge in [0.25, 0.3) is 0 Å². The largest absolute Gasteiger partial charge is 0.123 e. The fourth-order valence-corrected chi connectivity index (χ4v) is 3.30. The molecule has 0 saturated heterocycles. The summed E-state index contributed by atoms with van der Waals surface area (Å²) in [6.07, 6.45) is 14.1. The molecule has 3 atom stereocenters. The second-order valence-electron chi connectivity index (χ2n) is 5.62. The Morgan fingerprint density at radius 3 is 2.12 bits per heavy atom. The molecule has 16 heavy (non-hydrogen) atoms. The number of unbranched alkanes of at least 4 members (excludes halogenated alkanes) is 6. The number of alkyl halides is 1. The van der Waals surface area contributed by atoms with E-state index in [2.05, 4.69) is 13.8 Å². The average Bonchev–Trinajstić information content (AvgIpc) is 2.59. The van der Waals surface area contributed by atoms with Crippen molar-refractivity contribution in [3.8, 4) is 0 Å². The molecule has 0 aliphatic heterocycles. The predicted octanol–water partition coefficient (Wildman–Crippen LogP) is 5.78. The minimum absolute atomic E-state index is 0.467. The van der Waals surface area contributed by atoms with E-state index < -0.39 is 0 Å². The van der Waals surface area contributed by atoms with E-state index in [0.717, 1.165) is 11.8 Å². The molecular weight excluding hydrogens is 216 g/mol. The lowest BCUT2D eigenvalue weighted by atomic mass is 9.92. The third-order valence-corrected chi connectivity index (χ3v) is 4.92. The summed E-state index contributed by atoms with van der Waals surface area (Å²) in [6.45, 7) is 4.63. The summed E-state index contributed by atoms with van der Waals surface area (Å²) < 4.78 is 0. The zero-order chi connectivity index (χ0) is 11.8. The van der Waals surface area contributed by atoms with Crippen LogP contribution >= 0.6 is 11.6 Å². The van der Waals surface area contributed by atoms with Gasteiger partial charge in [-0.3, -0.25) is 0 Å². The van der Waals surface area contributed by atoms with Gasteiger partial charge in [0.2, 0.25) is 0 Å². The van der Waals surface area contributed by atoms with Gasteiger partial charge in [0.1, 0.15) is 0 Å². The van der Waals surface area contributed by atoms with E-state index in [9.17, 15) is 0 Å². The Morgan fingerprint density at radius 1 is 0.938 bits per heavy atom. The van der Waals surface area contributed by atoms with E-state index in [4.69, 9.17) is 11.6 Å². The van der Waals surface area contributed by atoms with Gasteiger partial charge in [-0.25, -0.2) is 0 Å². The Labute approximate surface area is 107 Å². The van der Waals surface area contributed by atoms with Crippen molar-refractivity contribution in [1.29, 1.82) is 0 Å². The van der Waals surface area contributed by atoms with Gasteiger partial charge in [0.05, 0.1) is 0 Å². The van der Waals surface area contributed by atoms with Crippen LogP contribution in [0.4, 0.5) is 0 Å². The fourth-order valence-electron chi connectivity index (χ4n) is 2.97. The summed E-state index contributed by atoms with van der Waals surface area (Å²) in [5.74, 6) is 1.69. The highest BCUT2D eigenvalue weighted by molar-refractivity contribution is 6.20. The molecule has 0 aromatic heterocycles.